The van der Waals surface area contributed by atoms with Crippen molar-refractivity contribution in [3.8, 4) is 11.5 Å². The molecule has 0 aliphatic rings. The van der Waals surface area contributed by atoms with Crippen LogP contribution in [0.5, 0.6) is 11.5 Å². The number of benzene rings is 4. The molecule has 0 aromatic heterocycles. The molecule has 0 bridgehead atoms. The van der Waals surface area contributed by atoms with Gasteiger partial charge in [0.15, 0.2) is 0 Å². The number of nitrogens with one attached hydrogen (secondary N) is 2. The van der Waals surface area contributed by atoms with Crippen LogP contribution in [0.4, 0.5) is 11.4 Å². The Morgan fingerprint density at radius 1 is 0.579 bits per heavy atom. The molecule has 0 unspecified atom stereocenters. The molecule has 2 amide bonds. The van der Waals surface area contributed by atoms with E-state index in [-0.39, 0.29) is 11.8 Å². The summed E-state index contributed by atoms with van der Waals surface area (Å²) in [4.78, 5) is 28.0. The zero-order valence-corrected chi connectivity index (χ0v) is 22.7. The molecule has 0 aliphatic heterocycles. The Labute approximate surface area is 230 Å². The minimum absolute atomic E-state index is 0.237. The van der Waals surface area contributed by atoms with E-state index in [1.807, 2.05) is 98.8 Å². The predicted molar refractivity (Wildman–Crippen MR) is 156 cm³/mol. The maximum Gasteiger partial charge on any atom is 0.256 e. The molecule has 0 radical (unpaired) electrons. The zero-order chi connectivity index (χ0) is 26.7. The van der Waals surface area contributed by atoms with Crippen molar-refractivity contribution in [2.45, 2.75) is 23.6 Å². The van der Waals surface area contributed by atoms with Crippen LogP contribution < -0.4 is 20.1 Å². The van der Waals surface area contributed by atoms with E-state index in [4.69, 9.17) is 9.47 Å². The summed E-state index contributed by atoms with van der Waals surface area (Å²) in [5.41, 5.74) is 2.29. The average Bonchev–Trinajstić information content (AvgIpc) is 2.94. The van der Waals surface area contributed by atoms with Crippen LogP contribution in [0.3, 0.4) is 0 Å². The van der Waals surface area contributed by atoms with E-state index in [0.29, 0.717) is 47.2 Å². The van der Waals surface area contributed by atoms with Crippen LogP contribution in [0.15, 0.2) is 107 Å². The third kappa shape index (κ3) is 6.90. The highest BCUT2D eigenvalue weighted by Gasteiger charge is 2.17. The van der Waals surface area contributed by atoms with Crippen LogP contribution in [0.2, 0.25) is 0 Å². The Hall–Kier alpha value is -3.88. The Bertz CT molecular complexity index is 1300. The molecule has 0 saturated carbocycles. The van der Waals surface area contributed by atoms with E-state index in [1.54, 1.807) is 12.1 Å². The highest BCUT2D eigenvalue weighted by atomic mass is 33.1. The molecule has 0 heterocycles. The lowest BCUT2D eigenvalue weighted by Gasteiger charge is -2.14. The zero-order valence-electron chi connectivity index (χ0n) is 21.1. The van der Waals surface area contributed by atoms with Gasteiger partial charge in [-0.3, -0.25) is 9.59 Å². The molecule has 0 atom stereocenters. The molecule has 0 saturated heterocycles. The second-order valence-electron chi connectivity index (χ2n) is 7.93. The van der Waals surface area contributed by atoms with Gasteiger partial charge < -0.3 is 20.1 Å². The number of hydrogen-bond donors (Lipinski definition) is 2. The second kappa shape index (κ2) is 13.6. The molecule has 194 valence electrons. The van der Waals surface area contributed by atoms with Crippen molar-refractivity contribution in [3.05, 3.63) is 108 Å². The number of carbonyl (C=O) groups excluding carboxylic acids is 2. The summed E-state index contributed by atoms with van der Waals surface area (Å²) >= 11 is 0. The molecule has 0 spiro atoms. The van der Waals surface area contributed by atoms with E-state index in [2.05, 4.69) is 10.6 Å². The van der Waals surface area contributed by atoms with E-state index in [0.717, 1.165) is 9.79 Å². The first-order chi connectivity index (χ1) is 18.6. The quantitative estimate of drug-likeness (QED) is 0.188. The van der Waals surface area contributed by atoms with Gasteiger partial charge in [-0.2, -0.15) is 0 Å². The molecule has 0 fully saturated rings. The second-order valence-corrected chi connectivity index (χ2v) is 10.1. The number of anilines is 2. The minimum Gasteiger partial charge on any atom is -0.492 e. The first-order valence-corrected chi connectivity index (χ1v) is 14.3. The first-order valence-electron chi connectivity index (χ1n) is 12.2. The van der Waals surface area contributed by atoms with Crippen LogP contribution in [0, 0.1) is 0 Å². The lowest BCUT2D eigenvalue weighted by Crippen LogP contribution is -2.14. The average molecular weight is 545 g/mol. The summed E-state index contributed by atoms with van der Waals surface area (Å²) in [5.74, 6) is 0.765. The summed E-state index contributed by atoms with van der Waals surface area (Å²) < 4.78 is 11.3. The molecule has 4 aromatic carbocycles. The largest absolute Gasteiger partial charge is 0.492 e. The lowest BCUT2D eigenvalue weighted by molar-refractivity contribution is 0.101. The number of carbonyl (C=O) groups is 2. The van der Waals surface area contributed by atoms with Gasteiger partial charge in [-0.25, -0.2) is 0 Å². The third-order valence-corrected chi connectivity index (χ3v) is 7.84. The summed E-state index contributed by atoms with van der Waals surface area (Å²) in [5, 5.41) is 5.92. The van der Waals surface area contributed by atoms with Gasteiger partial charge in [0, 0.05) is 9.79 Å². The predicted octanol–water partition coefficient (Wildman–Crippen LogP) is 7.79. The van der Waals surface area contributed by atoms with Crippen molar-refractivity contribution in [3.63, 3.8) is 0 Å². The molecule has 4 rings (SSSR count). The highest BCUT2D eigenvalue weighted by Crippen LogP contribution is 2.41. The fourth-order valence-corrected chi connectivity index (χ4v) is 5.98. The van der Waals surface area contributed by atoms with E-state index < -0.39 is 0 Å². The smallest absolute Gasteiger partial charge is 0.256 e. The fraction of sp³-hybridized carbons (Fsp3) is 0.133. The Morgan fingerprint density at radius 2 is 0.947 bits per heavy atom. The summed E-state index contributed by atoms with van der Waals surface area (Å²) in [6, 6.07) is 29.5. The van der Waals surface area contributed by atoms with Crippen molar-refractivity contribution in [1.29, 1.82) is 0 Å². The van der Waals surface area contributed by atoms with Crippen LogP contribution in [-0.2, 0) is 0 Å². The van der Waals surface area contributed by atoms with E-state index in [9.17, 15) is 9.59 Å². The van der Waals surface area contributed by atoms with Gasteiger partial charge in [0.2, 0.25) is 0 Å². The molecule has 38 heavy (non-hydrogen) atoms. The summed E-state index contributed by atoms with van der Waals surface area (Å²) in [6.07, 6.45) is 0. The molecule has 2 N–H and O–H groups in total. The maximum absolute atomic E-state index is 13.2. The van der Waals surface area contributed by atoms with Crippen LogP contribution in [0.25, 0.3) is 0 Å². The van der Waals surface area contributed by atoms with Gasteiger partial charge in [-0.05, 0) is 62.4 Å². The monoisotopic (exact) mass is 544 g/mol. The maximum atomic E-state index is 13.2. The molecular formula is C30H28N2O4S2. The molecular weight excluding hydrogens is 516 g/mol. The van der Waals surface area contributed by atoms with Crippen LogP contribution in [0.1, 0.15) is 34.6 Å². The number of hydrogen-bond acceptors (Lipinski definition) is 6. The minimum atomic E-state index is -0.237. The van der Waals surface area contributed by atoms with Crippen LogP contribution in [-0.4, -0.2) is 25.0 Å². The van der Waals surface area contributed by atoms with Crippen LogP contribution >= 0.6 is 21.6 Å². The molecule has 4 aromatic rings. The normalized spacial score (nSPS) is 10.5. The fourth-order valence-electron chi connectivity index (χ4n) is 3.63. The molecule has 6 nitrogen and oxygen atoms in total. The van der Waals surface area contributed by atoms with Gasteiger partial charge in [0.1, 0.15) is 11.5 Å². The number of para-hydroxylation sites is 4. The molecule has 0 aliphatic carbocycles. The standard InChI is InChI=1S/C30H28N2O4S2/c1-3-35-25-17-9-7-15-23(25)31-29(33)21-13-5-11-19-27(21)37-38-28-20-12-6-14-22(28)30(34)32-24-16-8-10-18-26(24)36-4-2/h5-20H,3-4H2,1-2H3,(H,31,33)(H,32,34). The van der Waals surface area contributed by atoms with Crippen molar-refractivity contribution in [2.24, 2.45) is 0 Å². The van der Waals surface area contributed by atoms with Gasteiger partial charge in [0.05, 0.1) is 35.7 Å². The number of rotatable bonds is 11. The number of ether oxygens (including phenoxy) is 2. The first kappa shape index (κ1) is 27.2. The third-order valence-electron chi connectivity index (χ3n) is 5.35. The van der Waals surface area contributed by atoms with E-state index in [1.165, 1.54) is 21.6 Å². The van der Waals surface area contributed by atoms with Crippen molar-refractivity contribution < 1.29 is 19.1 Å². The van der Waals surface area contributed by atoms with Crippen molar-refractivity contribution >= 4 is 44.8 Å². The number of amides is 2. The van der Waals surface area contributed by atoms with Gasteiger partial charge in [-0.15, -0.1) is 0 Å². The Kier molecular flexibility index (Phi) is 9.72. The van der Waals surface area contributed by atoms with Gasteiger partial charge in [0.25, 0.3) is 11.8 Å². The Morgan fingerprint density at radius 3 is 1.37 bits per heavy atom. The summed E-state index contributed by atoms with van der Waals surface area (Å²) in [7, 11) is 2.85. The lowest BCUT2D eigenvalue weighted by atomic mass is 10.2. The summed E-state index contributed by atoms with van der Waals surface area (Å²) in [6.45, 7) is 4.80. The van der Waals surface area contributed by atoms with E-state index >= 15 is 0 Å². The van der Waals surface area contributed by atoms with Gasteiger partial charge in [-0.1, -0.05) is 70.1 Å². The molecule has 8 heteroatoms. The topological polar surface area (TPSA) is 76.7 Å². The van der Waals surface area contributed by atoms with Crippen molar-refractivity contribution in [2.75, 3.05) is 23.8 Å². The SMILES string of the molecule is CCOc1ccccc1NC(=O)c1ccccc1SSc1ccccc1C(=O)Nc1ccccc1OCC. The highest BCUT2D eigenvalue weighted by molar-refractivity contribution is 8.76. The van der Waals surface area contributed by atoms with Crippen molar-refractivity contribution in [1.82, 2.24) is 0 Å². The Balaban J connectivity index is 1.50. The van der Waals surface area contributed by atoms with Gasteiger partial charge >= 0.3 is 0 Å².